The predicted octanol–water partition coefficient (Wildman–Crippen LogP) is 1.72. The number of para-hydroxylation sites is 1. The van der Waals surface area contributed by atoms with Crippen LogP contribution < -0.4 is 10.5 Å². The summed E-state index contributed by atoms with van der Waals surface area (Å²) in [4.78, 5) is 2.15. The second-order valence-electron chi connectivity index (χ2n) is 3.37. The maximum atomic E-state index is 5.62. The molecule has 1 rings (SSSR count). The molecule has 0 saturated heterocycles. The van der Waals surface area contributed by atoms with Crippen LogP contribution in [-0.2, 0) is 0 Å². The summed E-state index contributed by atoms with van der Waals surface area (Å²) in [6.45, 7) is 3.16. The van der Waals surface area contributed by atoms with E-state index in [0.717, 1.165) is 23.3 Å². The van der Waals surface area contributed by atoms with Crippen molar-refractivity contribution in [2.45, 2.75) is 0 Å². The van der Waals surface area contributed by atoms with Gasteiger partial charge >= 0.3 is 0 Å². The standard InChI is InChI=1S/C11H17BrN2O/c1-14(7-6-13)8-9-15-11-5-3-2-4-10(11)12/h2-5H,6-9,13H2,1H3. The maximum absolute atomic E-state index is 5.62. The monoisotopic (exact) mass is 272 g/mol. The molecule has 0 atom stereocenters. The number of likely N-dealkylation sites (N-methyl/N-ethyl adjacent to an activating group) is 1. The molecular formula is C11H17BrN2O. The SMILES string of the molecule is CN(CCN)CCOc1ccccc1Br. The van der Waals surface area contributed by atoms with Gasteiger partial charge in [-0.1, -0.05) is 12.1 Å². The number of hydrogen-bond acceptors (Lipinski definition) is 3. The molecule has 0 saturated carbocycles. The average Bonchev–Trinajstić information content (AvgIpc) is 2.21. The van der Waals surface area contributed by atoms with Gasteiger partial charge in [0.2, 0.25) is 0 Å². The molecule has 0 aliphatic carbocycles. The maximum Gasteiger partial charge on any atom is 0.133 e. The van der Waals surface area contributed by atoms with Crippen LogP contribution in [0.4, 0.5) is 0 Å². The summed E-state index contributed by atoms with van der Waals surface area (Å²) in [6, 6.07) is 7.85. The number of halogens is 1. The number of rotatable bonds is 6. The van der Waals surface area contributed by atoms with E-state index in [1.807, 2.05) is 31.3 Å². The van der Waals surface area contributed by atoms with E-state index in [0.29, 0.717) is 13.2 Å². The fourth-order valence-corrected chi connectivity index (χ4v) is 1.60. The van der Waals surface area contributed by atoms with Gasteiger partial charge in [0, 0.05) is 19.6 Å². The Morgan fingerprint density at radius 2 is 2.07 bits per heavy atom. The van der Waals surface area contributed by atoms with Gasteiger partial charge in [0.25, 0.3) is 0 Å². The van der Waals surface area contributed by atoms with Crippen molar-refractivity contribution in [3.05, 3.63) is 28.7 Å². The Kier molecular flexibility index (Phi) is 5.68. The molecule has 0 unspecified atom stereocenters. The summed E-state index contributed by atoms with van der Waals surface area (Å²) < 4.78 is 6.62. The van der Waals surface area contributed by atoms with Gasteiger partial charge in [0.15, 0.2) is 0 Å². The number of benzene rings is 1. The predicted molar refractivity (Wildman–Crippen MR) is 66.2 cm³/mol. The largest absolute Gasteiger partial charge is 0.491 e. The first kappa shape index (κ1) is 12.5. The van der Waals surface area contributed by atoms with Crippen molar-refractivity contribution in [2.75, 3.05) is 33.3 Å². The van der Waals surface area contributed by atoms with Crippen LogP contribution in [0.3, 0.4) is 0 Å². The minimum Gasteiger partial charge on any atom is -0.491 e. The minimum absolute atomic E-state index is 0.680. The van der Waals surface area contributed by atoms with Crippen molar-refractivity contribution in [1.82, 2.24) is 4.90 Å². The van der Waals surface area contributed by atoms with Crippen LogP contribution in [0, 0.1) is 0 Å². The molecule has 84 valence electrons. The van der Waals surface area contributed by atoms with Crippen LogP contribution in [0.5, 0.6) is 5.75 Å². The lowest BCUT2D eigenvalue weighted by Gasteiger charge is -2.15. The van der Waals surface area contributed by atoms with E-state index < -0.39 is 0 Å². The Balaban J connectivity index is 2.29. The number of hydrogen-bond donors (Lipinski definition) is 1. The lowest BCUT2D eigenvalue weighted by atomic mass is 10.3. The van der Waals surface area contributed by atoms with E-state index in [2.05, 4.69) is 20.8 Å². The van der Waals surface area contributed by atoms with Crippen molar-refractivity contribution >= 4 is 15.9 Å². The highest BCUT2D eigenvalue weighted by Gasteiger charge is 2.00. The van der Waals surface area contributed by atoms with Gasteiger partial charge in [-0.2, -0.15) is 0 Å². The molecule has 0 aliphatic rings. The molecule has 0 spiro atoms. The molecular weight excluding hydrogens is 256 g/mol. The molecule has 3 nitrogen and oxygen atoms in total. The fraction of sp³-hybridized carbons (Fsp3) is 0.455. The summed E-state index contributed by atoms with van der Waals surface area (Å²) >= 11 is 3.44. The molecule has 1 aromatic rings. The molecule has 0 bridgehead atoms. The van der Waals surface area contributed by atoms with E-state index in [-0.39, 0.29) is 0 Å². The molecule has 2 N–H and O–H groups in total. The molecule has 1 aromatic carbocycles. The van der Waals surface area contributed by atoms with Gasteiger partial charge in [-0.15, -0.1) is 0 Å². The lowest BCUT2D eigenvalue weighted by molar-refractivity contribution is 0.240. The highest BCUT2D eigenvalue weighted by molar-refractivity contribution is 9.10. The van der Waals surface area contributed by atoms with Gasteiger partial charge in [0.1, 0.15) is 12.4 Å². The van der Waals surface area contributed by atoms with Gasteiger partial charge in [-0.05, 0) is 35.1 Å². The van der Waals surface area contributed by atoms with Crippen molar-refractivity contribution in [2.24, 2.45) is 5.73 Å². The van der Waals surface area contributed by atoms with Crippen LogP contribution in [0.1, 0.15) is 0 Å². The number of nitrogens with zero attached hydrogens (tertiary/aromatic N) is 1. The molecule has 0 aliphatic heterocycles. The number of nitrogens with two attached hydrogens (primary N) is 1. The Bertz CT molecular complexity index is 294. The quantitative estimate of drug-likeness (QED) is 0.857. The van der Waals surface area contributed by atoms with E-state index in [4.69, 9.17) is 10.5 Å². The first-order valence-corrected chi connectivity index (χ1v) is 5.79. The Labute approximate surface area is 99.3 Å². The highest BCUT2D eigenvalue weighted by Crippen LogP contribution is 2.23. The van der Waals surface area contributed by atoms with E-state index >= 15 is 0 Å². The molecule has 0 radical (unpaired) electrons. The lowest BCUT2D eigenvalue weighted by Crippen LogP contribution is -2.29. The first-order chi connectivity index (χ1) is 7.24. The van der Waals surface area contributed by atoms with Crippen molar-refractivity contribution in [3.63, 3.8) is 0 Å². The van der Waals surface area contributed by atoms with Crippen LogP contribution >= 0.6 is 15.9 Å². The van der Waals surface area contributed by atoms with Crippen LogP contribution in [0.15, 0.2) is 28.7 Å². The van der Waals surface area contributed by atoms with Gasteiger partial charge in [-0.3, -0.25) is 0 Å². The fourth-order valence-electron chi connectivity index (χ4n) is 1.21. The summed E-state index contributed by atoms with van der Waals surface area (Å²) in [5, 5.41) is 0. The zero-order chi connectivity index (χ0) is 11.1. The van der Waals surface area contributed by atoms with Crippen molar-refractivity contribution in [3.8, 4) is 5.75 Å². The van der Waals surface area contributed by atoms with Gasteiger partial charge < -0.3 is 15.4 Å². The molecule has 0 amide bonds. The van der Waals surface area contributed by atoms with Crippen LogP contribution in [0.25, 0.3) is 0 Å². The zero-order valence-corrected chi connectivity index (χ0v) is 10.5. The first-order valence-electron chi connectivity index (χ1n) is 5.00. The molecule has 4 heteroatoms. The topological polar surface area (TPSA) is 38.5 Å². The highest BCUT2D eigenvalue weighted by atomic mass is 79.9. The Morgan fingerprint density at radius 1 is 1.33 bits per heavy atom. The third-order valence-corrected chi connectivity index (χ3v) is 2.73. The smallest absolute Gasteiger partial charge is 0.133 e. The molecule has 15 heavy (non-hydrogen) atoms. The minimum atomic E-state index is 0.680. The van der Waals surface area contributed by atoms with E-state index in [9.17, 15) is 0 Å². The summed E-state index contributed by atoms with van der Waals surface area (Å²) in [5.41, 5.74) is 5.45. The van der Waals surface area contributed by atoms with Crippen LogP contribution in [-0.4, -0.2) is 38.2 Å². The van der Waals surface area contributed by atoms with Crippen molar-refractivity contribution < 1.29 is 4.74 Å². The van der Waals surface area contributed by atoms with E-state index in [1.54, 1.807) is 0 Å². The van der Waals surface area contributed by atoms with E-state index in [1.165, 1.54) is 0 Å². The van der Waals surface area contributed by atoms with Crippen LogP contribution in [0.2, 0.25) is 0 Å². The van der Waals surface area contributed by atoms with Gasteiger partial charge in [0.05, 0.1) is 4.47 Å². The Morgan fingerprint density at radius 3 is 2.73 bits per heavy atom. The zero-order valence-electron chi connectivity index (χ0n) is 8.95. The second-order valence-corrected chi connectivity index (χ2v) is 4.23. The molecule has 0 fully saturated rings. The summed E-state index contributed by atoms with van der Waals surface area (Å²) in [5.74, 6) is 0.888. The normalized spacial score (nSPS) is 10.7. The molecule has 0 heterocycles. The Hall–Kier alpha value is -0.580. The molecule has 0 aromatic heterocycles. The van der Waals surface area contributed by atoms with Gasteiger partial charge in [-0.25, -0.2) is 0 Å². The van der Waals surface area contributed by atoms with Crippen molar-refractivity contribution in [1.29, 1.82) is 0 Å². The third-order valence-electron chi connectivity index (χ3n) is 2.08. The summed E-state index contributed by atoms with van der Waals surface area (Å²) in [7, 11) is 2.04. The average molecular weight is 273 g/mol. The summed E-state index contributed by atoms with van der Waals surface area (Å²) in [6.07, 6.45) is 0. The second kappa shape index (κ2) is 6.82. The number of ether oxygens (including phenoxy) is 1. The third kappa shape index (κ3) is 4.64.